The van der Waals surface area contributed by atoms with Gasteiger partial charge in [-0.25, -0.2) is 0 Å². The Bertz CT molecular complexity index is 583. The molecule has 0 heterocycles. The van der Waals surface area contributed by atoms with Crippen LogP contribution in [-0.2, 0) is 0 Å². The van der Waals surface area contributed by atoms with Crippen LogP contribution in [0.25, 0.3) is 18.7 Å². The van der Waals surface area contributed by atoms with E-state index in [4.69, 9.17) is 6.42 Å². The summed E-state index contributed by atoms with van der Waals surface area (Å²) < 4.78 is 0. The van der Waals surface area contributed by atoms with Crippen molar-refractivity contribution in [3.05, 3.63) is 50.8 Å². The topological polar surface area (TPSA) is 0 Å². The fourth-order valence-corrected chi connectivity index (χ4v) is 1.68. The maximum atomic E-state index is 5.21. The first-order valence-electron chi connectivity index (χ1n) is 5.36. The number of rotatable bonds is 3. The van der Waals surface area contributed by atoms with Crippen molar-refractivity contribution in [3.8, 4) is 12.3 Å². The molecule has 0 amide bonds. The van der Waals surface area contributed by atoms with Crippen LogP contribution in [0.3, 0.4) is 0 Å². The lowest BCUT2D eigenvalue weighted by Crippen LogP contribution is -2.26. The zero-order chi connectivity index (χ0) is 12.7. The minimum atomic E-state index is 0.659. The van der Waals surface area contributed by atoms with Gasteiger partial charge in [0.25, 0.3) is 0 Å². The Morgan fingerprint density at radius 1 is 1.47 bits per heavy atom. The van der Waals surface area contributed by atoms with E-state index in [1.807, 2.05) is 29.3 Å². The van der Waals surface area contributed by atoms with Gasteiger partial charge in [0.05, 0.1) is 0 Å². The molecule has 1 rings (SSSR count). The number of halogens is 1. The zero-order valence-electron chi connectivity index (χ0n) is 9.91. The summed E-state index contributed by atoms with van der Waals surface area (Å²) in [6, 6.07) is 4.16. The monoisotopic (exact) mass is 286 g/mol. The predicted molar refractivity (Wildman–Crippen MR) is 81.0 cm³/mol. The Morgan fingerprint density at radius 3 is 2.88 bits per heavy atom. The Labute approximate surface area is 111 Å². The fraction of sp³-hybridized carbons (Fsp3) is 0.125. The van der Waals surface area contributed by atoms with Crippen LogP contribution in [0.4, 0.5) is 0 Å². The summed E-state index contributed by atoms with van der Waals surface area (Å²) in [6.45, 7) is 6.18. The normalized spacial score (nSPS) is 12.4. The fourth-order valence-electron chi connectivity index (χ4n) is 1.53. The van der Waals surface area contributed by atoms with Gasteiger partial charge in [0, 0.05) is 6.42 Å². The summed E-state index contributed by atoms with van der Waals surface area (Å²) in [7, 11) is 0. The van der Waals surface area contributed by atoms with Crippen LogP contribution in [0.15, 0.2) is 29.3 Å². The van der Waals surface area contributed by atoms with Crippen LogP contribution in [0.2, 0.25) is 0 Å². The van der Waals surface area contributed by atoms with Gasteiger partial charge in [0.1, 0.15) is 0 Å². The molecule has 0 unspecified atom stereocenters. The van der Waals surface area contributed by atoms with E-state index in [1.54, 1.807) is 0 Å². The molecule has 0 saturated heterocycles. The van der Waals surface area contributed by atoms with Gasteiger partial charge in [-0.2, -0.15) is 0 Å². The molecule has 17 heavy (non-hydrogen) atoms. The average Bonchev–Trinajstić information content (AvgIpc) is 2.34. The summed E-state index contributed by atoms with van der Waals surface area (Å²) >= 11 is 3.24. The lowest BCUT2D eigenvalue weighted by molar-refractivity contribution is 1.35. The van der Waals surface area contributed by atoms with E-state index in [1.165, 1.54) is 11.1 Å². The van der Waals surface area contributed by atoms with E-state index in [0.29, 0.717) is 6.42 Å². The molecule has 1 aromatic carbocycles. The minimum Gasteiger partial charge on any atom is -0.120 e. The molecule has 1 aromatic rings. The lowest BCUT2D eigenvalue weighted by atomic mass is 10.0. The maximum absolute atomic E-state index is 5.21. The highest BCUT2D eigenvalue weighted by atomic mass is 79.9. The standard InChI is InChI=1S/C16H15Br/c1-4-5-6-8-15-10-11-16(9-7-12-17)14(3)13(15)2/h1,6-12H,3,5H2,2H3/b8-6-,12-7+,16-9-. The van der Waals surface area contributed by atoms with E-state index in [9.17, 15) is 0 Å². The second kappa shape index (κ2) is 6.93. The first kappa shape index (κ1) is 13.5. The molecular weight excluding hydrogens is 272 g/mol. The second-order valence-corrected chi connectivity index (χ2v) is 4.17. The van der Waals surface area contributed by atoms with Gasteiger partial charge in [-0.05, 0) is 33.5 Å². The van der Waals surface area contributed by atoms with E-state index in [0.717, 1.165) is 10.4 Å². The summed E-state index contributed by atoms with van der Waals surface area (Å²) in [5.74, 6) is 2.59. The molecule has 1 heteroatoms. The summed E-state index contributed by atoms with van der Waals surface area (Å²) in [5, 5.41) is 2.19. The molecule has 0 atom stereocenters. The summed E-state index contributed by atoms with van der Waals surface area (Å²) in [5.41, 5.74) is 2.36. The Balaban J connectivity index is 3.21. The Morgan fingerprint density at radius 2 is 2.24 bits per heavy atom. The third kappa shape index (κ3) is 3.76. The molecule has 0 aromatic heterocycles. The first-order chi connectivity index (χ1) is 8.20. The van der Waals surface area contributed by atoms with Crippen molar-refractivity contribution in [1.29, 1.82) is 0 Å². The highest BCUT2D eigenvalue weighted by Crippen LogP contribution is 2.03. The average molecular weight is 287 g/mol. The van der Waals surface area contributed by atoms with Crippen LogP contribution in [0, 0.1) is 19.3 Å². The van der Waals surface area contributed by atoms with Crippen molar-refractivity contribution in [2.75, 3.05) is 0 Å². The predicted octanol–water partition coefficient (Wildman–Crippen LogP) is 3.13. The Hall–Kier alpha value is -1.52. The van der Waals surface area contributed by atoms with E-state index in [2.05, 4.69) is 47.5 Å². The third-order valence-electron chi connectivity index (χ3n) is 2.56. The molecule has 0 N–H and O–H groups in total. The molecule has 0 fully saturated rings. The quantitative estimate of drug-likeness (QED) is 0.749. The molecule has 0 radical (unpaired) electrons. The van der Waals surface area contributed by atoms with Gasteiger partial charge in [0.15, 0.2) is 0 Å². The SMILES string of the molecule is C#CC/C=C\c1cc/c(=C/C=C/Br)c(=C)c1C. The second-order valence-electron chi connectivity index (χ2n) is 3.64. The smallest absolute Gasteiger partial charge is 0.0270 e. The maximum Gasteiger partial charge on any atom is 0.0270 e. The van der Waals surface area contributed by atoms with Gasteiger partial charge in [-0.15, -0.1) is 12.3 Å². The Kier molecular flexibility index (Phi) is 5.52. The van der Waals surface area contributed by atoms with Gasteiger partial charge in [-0.1, -0.05) is 58.9 Å². The van der Waals surface area contributed by atoms with Crippen molar-refractivity contribution in [1.82, 2.24) is 0 Å². The number of allylic oxidation sites excluding steroid dienone is 2. The number of benzene rings is 1. The highest BCUT2D eigenvalue weighted by molar-refractivity contribution is 9.11. The largest absolute Gasteiger partial charge is 0.120 e. The molecule has 0 spiro atoms. The third-order valence-corrected chi connectivity index (χ3v) is 2.86. The van der Waals surface area contributed by atoms with Gasteiger partial charge in [0.2, 0.25) is 0 Å². The number of hydrogen-bond acceptors (Lipinski definition) is 0. The molecule has 0 saturated carbocycles. The van der Waals surface area contributed by atoms with Crippen molar-refractivity contribution in [2.24, 2.45) is 0 Å². The van der Waals surface area contributed by atoms with Crippen molar-refractivity contribution >= 4 is 34.7 Å². The highest BCUT2D eigenvalue weighted by Gasteiger charge is 1.95. The summed E-state index contributed by atoms with van der Waals surface area (Å²) in [4.78, 5) is 1.82. The number of terminal acetylenes is 1. The van der Waals surface area contributed by atoms with Gasteiger partial charge >= 0.3 is 0 Å². The van der Waals surface area contributed by atoms with E-state index >= 15 is 0 Å². The molecule has 0 bridgehead atoms. The first-order valence-corrected chi connectivity index (χ1v) is 6.28. The van der Waals surface area contributed by atoms with Crippen molar-refractivity contribution in [3.63, 3.8) is 0 Å². The molecule has 0 aliphatic carbocycles. The van der Waals surface area contributed by atoms with Crippen molar-refractivity contribution in [2.45, 2.75) is 13.3 Å². The van der Waals surface area contributed by atoms with E-state index in [-0.39, 0.29) is 0 Å². The van der Waals surface area contributed by atoms with Crippen LogP contribution in [0.1, 0.15) is 17.5 Å². The minimum absolute atomic E-state index is 0.659. The molecule has 0 aliphatic rings. The molecule has 0 nitrogen and oxygen atoms in total. The summed E-state index contributed by atoms with van der Waals surface area (Å²) in [6.07, 6.45) is 13.9. The molecular formula is C16H15Br. The van der Waals surface area contributed by atoms with Crippen LogP contribution < -0.4 is 10.4 Å². The lowest BCUT2D eigenvalue weighted by Gasteiger charge is -2.01. The van der Waals surface area contributed by atoms with Gasteiger partial charge in [-0.3, -0.25) is 0 Å². The molecule has 86 valence electrons. The van der Waals surface area contributed by atoms with Gasteiger partial charge < -0.3 is 0 Å². The number of hydrogen-bond donors (Lipinski definition) is 0. The van der Waals surface area contributed by atoms with Crippen molar-refractivity contribution < 1.29 is 0 Å². The van der Waals surface area contributed by atoms with Crippen LogP contribution >= 0.6 is 15.9 Å². The molecule has 0 aliphatic heterocycles. The van der Waals surface area contributed by atoms with Crippen LogP contribution in [0.5, 0.6) is 0 Å². The zero-order valence-corrected chi connectivity index (χ0v) is 11.5. The van der Waals surface area contributed by atoms with E-state index < -0.39 is 0 Å². The van der Waals surface area contributed by atoms with Crippen LogP contribution in [-0.4, -0.2) is 0 Å².